The van der Waals surface area contributed by atoms with Crippen molar-refractivity contribution in [1.82, 2.24) is 0 Å². The third-order valence-corrected chi connectivity index (χ3v) is 4.42. The smallest absolute Gasteiger partial charge is 0.256 e. The van der Waals surface area contributed by atoms with Crippen LogP contribution in [-0.2, 0) is 9.53 Å². The van der Waals surface area contributed by atoms with Gasteiger partial charge in [0, 0.05) is 24.9 Å². The Morgan fingerprint density at radius 3 is 2.90 bits per heavy atom. The predicted octanol–water partition coefficient (Wildman–Crippen LogP) is 2.24. The molecule has 1 saturated heterocycles. The largest absolute Gasteiger partial charge is 0.368 e. The number of carbonyl (C=O) groups is 1. The average molecular weight is 274 g/mol. The molecule has 0 aliphatic carbocycles. The SMILES string of the molecule is CC1CCOC1C(=O)N1CCCC(N)c2ccccc21. The van der Waals surface area contributed by atoms with Crippen molar-refractivity contribution in [1.29, 1.82) is 0 Å². The van der Waals surface area contributed by atoms with Crippen LogP contribution in [0.2, 0.25) is 0 Å². The lowest BCUT2D eigenvalue weighted by Crippen LogP contribution is -2.41. The molecule has 0 bridgehead atoms. The maximum Gasteiger partial charge on any atom is 0.256 e. The Kier molecular flexibility index (Phi) is 3.76. The van der Waals surface area contributed by atoms with Gasteiger partial charge in [-0.1, -0.05) is 25.1 Å². The number of hydrogen-bond donors (Lipinski definition) is 1. The minimum atomic E-state index is -0.294. The summed E-state index contributed by atoms with van der Waals surface area (Å²) in [5, 5.41) is 0. The zero-order valence-corrected chi connectivity index (χ0v) is 11.9. The van der Waals surface area contributed by atoms with Crippen molar-refractivity contribution in [3.8, 4) is 0 Å². The number of para-hydroxylation sites is 1. The van der Waals surface area contributed by atoms with E-state index in [0.717, 1.165) is 37.1 Å². The second-order valence-corrected chi connectivity index (χ2v) is 5.85. The summed E-state index contributed by atoms with van der Waals surface area (Å²) in [6, 6.07) is 8.01. The van der Waals surface area contributed by atoms with Crippen LogP contribution in [0.5, 0.6) is 0 Å². The Morgan fingerprint density at radius 1 is 1.35 bits per heavy atom. The van der Waals surface area contributed by atoms with E-state index in [1.807, 2.05) is 29.2 Å². The molecular formula is C16H22N2O2. The van der Waals surface area contributed by atoms with E-state index in [4.69, 9.17) is 10.5 Å². The summed E-state index contributed by atoms with van der Waals surface area (Å²) in [5.74, 6) is 0.392. The lowest BCUT2D eigenvalue weighted by molar-refractivity contribution is -0.128. The number of benzene rings is 1. The molecule has 1 fully saturated rings. The third-order valence-electron chi connectivity index (χ3n) is 4.42. The Balaban J connectivity index is 1.93. The van der Waals surface area contributed by atoms with Crippen molar-refractivity contribution in [3.05, 3.63) is 29.8 Å². The molecule has 2 heterocycles. The molecule has 4 nitrogen and oxygen atoms in total. The summed E-state index contributed by atoms with van der Waals surface area (Å²) < 4.78 is 5.64. The van der Waals surface area contributed by atoms with Gasteiger partial charge < -0.3 is 15.4 Å². The summed E-state index contributed by atoms with van der Waals surface area (Å²) in [6.45, 7) is 3.51. The quantitative estimate of drug-likeness (QED) is 0.854. The maximum atomic E-state index is 12.8. The first-order chi connectivity index (χ1) is 9.68. The van der Waals surface area contributed by atoms with Crippen LogP contribution in [0.1, 0.15) is 37.8 Å². The van der Waals surface area contributed by atoms with Gasteiger partial charge in [-0.2, -0.15) is 0 Å². The highest BCUT2D eigenvalue weighted by molar-refractivity contribution is 5.97. The average Bonchev–Trinajstić information content (AvgIpc) is 2.81. The van der Waals surface area contributed by atoms with Crippen molar-refractivity contribution < 1.29 is 9.53 Å². The van der Waals surface area contributed by atoms with Gasteiger partial charge in [-0.05, 0) is 36.8 Å². The van der Waals surface area contributed by atoms with Gasteiger partial charge in [-0.25, -0.2) is 0 Å². The molecule has 3 rings (SSSR count). The summed E-state index contributed by atoms with van der Waals surface area (Å²) in [5.41, 5.74) is 8.26. The molecule has 1 amide bonds. The van der Waals surface area contributed by atoms with Crippen molar-refractivity contribution in [2.45, 2.75) is 38.3 Å². The minimum Gasteiger partial charge on any atom is -0.368 e. The molecule has 20 heavy (non-hydrogen) atoms. The lowest BCUT2D eigenvalue weighted by Gasteiger charge is -2.27. The van der Waals surface area contributed by atoms with E-state index in [-0.39, 0.29) is 18.1 Å². The van der Waals surface area contributed by atoms with Crippen molar-refractivity contribution in [3.63, 3.8) is 0 Å². The number of hydrogen-bond acceptors (Lipinski definition) is 3. The predicted molar refractivity (Wildman–Crippen MR) is 78.5 cm³/mol. The lowest BCUT2D eigenvalue weighted by atomic mass is 10.0. The number of amides is 1. The fourth-order valence-corrected chi connectivity index (χ4v) is 3.19. The van der Waals surface area contributed by atoms with Gasteiger partial charge in [-0.15, -0.1) is 0 Å². The summed E-state index contributed by atoms with van der Waals surface area (Å²) >= 11 is 0. The van der Waals surface area contributed by atoms with Gasteiger partial charge in [0.05, 0.1) is 0 Å². The van der Waals surface area contributed by atoms with Crippen LogP contribution in [0, 0.1) is 5.92 Å². The topological polar surface area (TPSA) is 55.6 Å². The number of fused-ring (bicyclic) bond motifs is 1. The molecule has 2 N–H and O–H groups in total. The monoisotopic (exact) mass is 274 g/mol. The second-order valence-electron chi connectivity index (χ2n) is 5.85. The zero-order valence-electron chi connectivity index (χ0n) is 11.9. The number of rotatable bonds is 1. The van der Waals surface area contributed by atoms with E-state index in [0.29, 0.717) is 12.5 Å². The van der Waals surface area contributed by atoms with Crippen molar-refractivity contribution in [2.24, 2.45) is 11.7 Å². The van der Waals surface area contributed by atoms with Crippen LogP contribution < -0.4 is 10.6 Å². The normalized spacial score (nSPS) is 29.9. The molecule has 0 saturated carbocycles. The molecule has 1 aromatic carbocycles. The van der Waals surface area contributed by atoms with Gasteiger partial charge in [0.1, 0.15) is 6.10 Å². The molecule has 4 heteroatoms. The molecule has 3 unspecified atom stereocenters. The van der Waals surface area contributed by atoms with Crippen LogP contribution in [0.25, 0.3) is 0 Å². The highest BCUT2D eigenvalue weighted by Crippen LogP contribution is 2.33. The fraction of sp³-hybridized carbons (Fsp3) is 0.562. The molecule has 3 atom stereocenters. The number of ether oxygens (including phenoxy) is 1. The van der Waals surface area contributed by atoms with Crippen LogP contribution in [0.4, 0.5) is 5.69 Å². The first-order valence-corrected chi connectivity index (χ1v) is 7.46. The first kappa shape index (κ1) is 13.6. The van der Waals surface area contributed by atoms with E-state index < -0.39 is 0 Å². The summed E-state index contributed by atoms with van der Waals surface area (Å²) in [6.07, 6.45) is 2.52. The van der Waals surface area contributed by atoms with Crippen LogP contribution in [-0.4, -0.2) is 25.2 Å². The van der Waals surface area contributed by atoms with Crippen LogP contribution >= 0.6 is 0 Å². The van der Waals surface area contributed by atoms with E-state index in [9.17, 15) is 4.79 Å². The number of nitrogens with two attached hydrogens (primary N) is 1. The molecule has 108 valence electrons. The molecule has 1 aromatic rings. The maximum absolute atomic E-state index is 12.8. The molecular weight excluding hydrogens is 252 g/mol. The van der Waals surface area contributed by atoms with Crippen LogP contribution in [0.15, 0.2) is 24.3 Å². The number of anilines is 1. The van der Waals surface area contributed by atoms with Gasteiger partial charge in [0.2, 0.25) is 0 Å². The Bertz CT molecular complexity index is 503. The fourth-order valence-electron chi connectivity index (χ4n) is 3.19. The van der Waals surface area contributed by atoms with E-state index in [1.54, 1.807) is 0 Å². The first-order valence-electron chi connectivity index (χ1n) is 7.46. The van der Waals surface area contributed by atoms with Crippen molar-refractivity contribution in [2.75, 3.05) is 18.1 Å². The minimum absolute atomic E-state index is 0.0194. The summed E-state index contributed by atoms with van der Waals surface area (Å²) in [7, 11) is 0. The highest BCUT2D eigenvalue weighted by Gasteiger charge is 2.36. The van der Waals surface area contributed by atoms with Gasteiger partial charge in [0.15, 0.2) is 0 Å². The van der Waals surface area contributed by atoms with E-state index in [1.165, 1.54) is 0 Å². The van der Waals surface area contributed by atoms with E-state index in [2.05, 4.69) is 6.92 Å². The Labute approximate surface area is 119 Å². The molecule has 2 aliphatic rings. The van der Waals surface area contributed by atoms with Gasteiger partial charge in [-0.3, -0.25) is 4.79 Å². The third kappa shape index (κ3) is 2.34. The summed E-state index contributed by atoms with van der Waals surface area (Å²) in [4.78, 5) is 14.7. The number of carbonyl (C=O) groups excluding carboxylic acids is 1. The molecule has 0 radical (unpaired) electrons. The molecule has 2 aliphatic heterocycles. The Morgan fingerprint density at radius 2 is 2.15 bits per heavy atom. The van der Waals surface area contributed by atoms with Crippen molar-refractivity contribution >= 4 is 11.6 Å². The van der Waals surface area contributed by atoms with E-state index >= 15 is 0 Å². The van der Waals surface area contributed by atoms with Crippen LogP contribution in [0.3, 0.4) is 0 Å². The molecule has 0 spiro atoms. The second kappa shape index (κ2) is 5.54. The zero-order chi connectivity index (χ0) is 14.1. The van der Waals surface area contributed by atoms with Gasteiger partial charge >= 0.3 is 0 Å². The standard InChI is InChI=1S/C16H22N2O2/c1-11-8-10-20-15(11)16(19)18-9-4-6-13(17)12-5-2-3-7-14(12)18/h2-3,5,7,11,13,15H,4,6,8-10,17H2,1H3. The molecule has 0 aromatic heterocycles. The van der Waals surface area contributed by atoms with Gasteiger partial charge in [0.25, 0.3) is 5.91 Å². The number of nitrogens with zero attached hydrogens (tertiary/aromatic N) is 1. The highest BCUT2D eigenvalue weighted by atomic mass is 16.5. The Hall–Kier alpha value is -1.39.